The molecule has 1 aliphatic rings. The summed E-state index contributed by atoms with van der Waals surface area (Å²) in [4.78, 5) is 4.40. The van der Waals surface area contributed by atoms with Gasteiger partial charge in [-0.1, -0.05) is 18.2 Å². The zero-order chi connectivity index (χ0) is 19.0. The van der Waals surface area contributed by atoms with Crippen molar-refractivity contribution in [3.8, 4) is 0 Å². The SMILES string of the molecule is Cc1ccc(F)cc1C1c2nnnn2CCN1Cc1ccc(N(C)C)cc1. The number of benzene rings is 2. The van der Waals surface area contributed by atoms with E-state index in [0.29, 0.717) is 0 Å². The third kappa shape index (κ3) is 3.42. The van der Waals surface area contributed by atoms with Crippen LogP contribution in [0.2, 0.25) is 0 Å². The van der Waals surface area contributed by atoms with Crippen LogP contribution in [0.25, 0.3) is 0 Å². The number of hydrogen-bond donors (Lipinski definition) is 0. The lowest BCUT2D eigenvalue weighted by atomic mass is 9.97. The van der Waals surface area contributed by atoms with Crippen molar-refractivity contribution in [3.05, 3.63) is 70.8 Å². The predicted octanol–water partition coefficient (Wildman–Crippen LogP) is 2.79. The van der Waals surface area contributed by atoms with E-state index in [1.807, 2.05) is 31.8 Å². The Hall–Kier alpha value is -2.80. The fourth-order valence-corrected chi connectivity index (χ4v) is 3.63. The van der Waals surface area contributed by atoms with E-state index < -0.39 is 0 Å². The Kier molecular flexibility index (Phi) is 4.61. The van der Waals surface area contributed by atoms with E-state index in [4.69, 9.17) is 0 Å². The third-order valence-electron chi connectivity index (χ3n) is 5.14. The molecule has 1 atom stereocenters. The van der Waals surface area contributed by atoms with Gasteiger partial charge in [-0.2, -0.15) is 0 Å². The molecule has 27 heavy (non-hydrogen) atoms. The second kappa shape index (κ2) is 7.08. The number of nitrogens with zero attached hydrogens (tertiary/aromatic N) is 6. The lowest BCUT2D eigenvalue weighted by molar-refractivity contribution is 0.163. The zero-order valence-electron chi connectivity index (χ0n) is 15.8. The van der Waals surface area contributed by atoms with Crippen LogP contribution in [0.4, 0.5) is 10.1 Å². The van der Waals surface area contributed by atoms with Crippen molar-refractivity contribution in [2.75, 3.05) is 25.5 Å². The van der Waals surface area contributed by atoms with E-state index >= 15 is 0 Å². The predicted molar refractivity (Wildman–Crippen MR) is 102 cm³/mol. The summed E-state index contributed by atoms with van der Waals surface area (Å²) in [5.41, 5.74) is 4.32. The van der Waals surface area contributed by atoms with Gasteiger partial charge in [-0.3, -0.25) is 4.90 Å². The maximum absolute atomic E-state index is 14.0. The minimum Gasteiger partial charge on any atom is -0.378 e. The number of aromatic nitrogens is 4. The first-order valence-electron chi connectivity index (χ1n) is 9.05. The largest absolute Gasteiger partial charge is 0.378 e. The molecule has 1 unspecified atom stereocenters. The average molecular weight is 366 g/mol. The van der Waals surface area contributed by atoms with Crippen LogP contribution in [-0.2, 0) is 13.1 Å². The van der Waals surface area contributed by atoms with Crippen molar-refractivity contribution in [1.29, 1.82) is 0 Å². The molecule has 0 radical (unpaired) electrons. The summed E-state index contributed by atoms with van der Waals surface area (Å²) in [7, 11) is 4.06. The fraction of sp³-hybridized carbons (Fsp3) is 0.350. The molecule has 0 spiro atoms. The lowest BCUT2D eigenvalue weighted by Crippen LogP contribution is -2.39. The van der Waals surface area contributed by atoms with Crippen LogP contribution < -0.4 is 4.90 Å². The highest BCUT2D eigenvalue weighted by molar-refractivity contribution is 5.46. The molecule has 0 bridgehead atoms. The van der Waals surface area contributed by atoms with E-state index in [9.17, 15) is 4.39 Å². The molecular formula is C20H23FN6. The molecular weight excluding hydrogens is 343 g/mol. The van der Waals surface area contributed by atoms with Crippen LogP contribution in [0.5, 0.6) is 0 Å². The van der Waals surface area contributed by atoms with E-state index in [-0.39, 0.29) is 11.9 Å². The van der Waals surface area contributed by atoms with Gasteiger partial charge in [0.15, 0.2) is 5.82 Å². The minimum atomic E-state index is -0.240. The molecule has 0 aliphatic carbocycles. The molecule has 2 heterocycles. The lowest BCUT2D eigenvalue weighted by Gasteiger charge is -2.35. The van der Waals surface area contributed by atoms with E-state index in [1.165, 1.54) is 17.3 Å². The van der Waals surface area contributed by atoms with E-state index in [0.717, 1.165) is 36.6 Å². The molecule has 1 aliphatic heterocycles. The van der Waals surface area contributed by atoms with Crippen molar-refractivity contribution in [2.45, 2.75) is 26.1 Å². The Morgan fingerprint density at radius 3 is 2.63 bits per heavy atom. The Bertz CT molecular complexity index is 934. The number of aryl methyl sites for hydroxylation is 1. The second-order valence-electron chi connectivity index (χ2n) is 7.20. The maximum Gasteiger partial charge on any atom is 0.173 e. The summed E-state index contributed by atoms with van der Waals surface area (Å²) < 4.78 is 15.8. The number of hydrogen-bond acceptors (Lipinski definition) is 5. The molecule has 0 saturated heterocycles. The van der Waals surface area contributed by atoms with Gasteiger partial charge < -0.3 is 4.90 Å². The second-order valence-corrected chi connectivity index (χ2v) is 7.20. The van der Waals surface area contributed by atoms with Crippen molar-refractivity contribution in [3.63, 3.8) is 0 Å². The van der Waals surface area contributed by atoms with Crippen LogP contribution in [0.15, 0.2) is 42.5 Å². The molecule has 0 amide bonds. The first kappa shape index (κ1) is 17.6. The highest BCUT2D eigenvalue weighted by Gasteiger charge is 2.33. The summed E-state index contributed by atoms with van der Waals surface area (Å²) in [6, 6.07) is 13.3. The van der Waals surface area contributed by atoms with E-state index in [2.05, 4.69) is 49.6 Å². The number of rotatable bonds is 4. The summed E-state index contributed by atoms with van der Waals surface area (Å²) in [5, 5.41) is 12.2. The van der Waals surface area contributed by atoms with Gasteiger partial charge in [-0.25, -0.2) is 9.07 Å². The van der Waals surface area contributed by atoms with Crippen LogP contribution in [0.1, 0.15) is 28.6 Å². The van der Waals surface area contributed by atoms with Crippen molar-refractivity contribution in [2.24, 2.45) is 0 Å². The van der Waals surface area contributed by atoms with Crippen LogP contribution in [0, 0.1) is 12.7 Å². The Morgan fingerprint density at radius 2 is 1.89 bits per heavy atom. The van der Waals surface area contributed by atoms with Gasteiger partial charge in [0.1, 0.15) is 5.82 Å². The molecule has 3 aromatic rings. The fourth-order valence-electron chi connectivity index (χ4n) is 3.63. The van der Waals surface area contributed by atoms with Gasteiger partial charge in [0.2, 0.25) is 0 Å². The zero-order valence-corrected chi connectivity index (χ0v) is 15.8. The van der Waals surface area contributed by atoms with Gasteiger partial charge in [-0.05, 0) is 58.3 Å². The normalized spacial score (nSPS) is 17.0. The van der Waals surface area contributed by atoms with Gasteiger partial charge in [-0.15, -0.1) is 5.10 Å². The van der Waals surface area contributed by atoms with Crippen molar-refractivity contribution >= 4 is 5.69 Å². The summed E-state index contributed by atoms with van der Waals surface area (Å²) >= 11 is 0. The van der Waals surface area contributed by atoms with E-state index in [1.54, 1.807) is 6.07 Å². The first-order valence-corrected chi connectivity index (χ1v) is 9.05. The number of anilines is 1. The minimum absolute atomic E-state index is 0.169. The molecule has 1 aromatic heterocycles. The van der Waals surface area contributed by atoms with Crippen molar-refractivity contribution < 1.29 is 4.39 Å². The molecule has 4 rings (SSSR count). The Balaban J connectivity index is 1.69. The molecule has 140 valence electrons. The molecule has 0 fully saturated rings. The monoisotopic (exact) mass is 366 g/mol. The highest BCUT2D eigenvalue weighted by Crippen LogP contribution is 2.33. The Morgan fingerprint density at radius 1 is 1.11 bits per heavy atom. The number of halogens is 1. The van der Waals surface area contributed by atoms with Gasteiger partial charge >= 0.3 is 0 Å². The molecule has 2 aromatic carbocycles. The van der Waals surface area contributed by atoms with Gasteiger partial charge in [0.25, 0.3) is 0 Å². The van der Waals surface area contributed by atoms with Gasteiger partial charge in [0.05, 0.1) is 12.6 Å². The summed E-state index contributed by atoms with van der Waals surface area (Å²) in [6.07, 6.45) is 0. The molecule has 6 nitrogen and oxygen atoms in total. The van der Waals surface area contributed by atoms with Crippen LogP contribution in [-0.4, -0.2) is 45.7 Å². The smallest absolute Gasteiger partial charge is 0.173 e. The summed E-state index contributed by atoms with van der Waals surface area (Å²) in [6.45, 7) is 4.28. The van der Waals surface area contributed by atoms with Crippen LogP contribution in [0.3, 0.4) is 0 Å². The number of tetrazole rings is 1. The molecule has 7 heteroatoms. The summed E-state index contributed by atoms with van der Waals surface area (Å²) in [5.74, 6) is 0.523. The Labute approximate surface area is 158 Å². The topological polar surface area (TPSA) is 50.1 Å². The molecule has 0 N–H and O–H groups in total. The van der Waals surface area contributed by atoms with Gasteiger partial charge in [0, 0.05) is 32.9 Å². The quantitative estimate of drug-likeness (QED) is 0.711. The average Bonchev–Trinajstić information content (AvgIpc) is 3.13. The first-order chi connectivity index (χ1) is 13.0. The number of fused-ring (bicyclic) bond motifs is 1. The maximum atomic E-state index is 14.0. The third-order valence-corrected chi connectivity index (χ3v) is 5.14. The van der Waals surface area contributed by atoms with Crippen molar-refractivity contribution in [1.82, 2.24) is 25.1 Å². The standard InChI is InChI=1S/C20H23FN6/c1-14-4-7-16(21)12-18(14)19-20-22-23-24-27(20)11-10-26(19)13-15-5-8-17(9-6-15)25(2)3/h4-9,12,19H,10-11,13H2,1-3H3. The highest BCUT2D eigenvalue weighted by atomic mass is 19.1. The van der Waals surface area contributed by atoms with Crippen LogP contribution >= 0.6 is 0 Å². The molecule has 0 saturated carbocycles.